The Bertz CT molecular complexity index is 230. The van der Waals surface area contributed by atoms with Crippen molar-refractivity contribution in [1.29, 1.82) is 0 Å². The molecule has 0 amide bonds. The first-order valence-corrected chi connectivity index (χ1v) is 2.01. The summed E-state index contributed by atoms with van der Waals surface area (Å²) < 4.78 is 21.4. The molecule has 0 aliphatic heterocycles. The van der Waals surface area contributed by atoms with Crippen molar-refractivity contribution in [2.45, 2.75) is 0 Å². The summed E-state index contributed by atoms with van der Waals surface area (Å²) in [7, 11) is 0. The van der Waals surface area contributed by atoms with Gasteiger partial charge < -0.3 is 0 Å². The van der Waals surface area contributed by atoms with Crippen molar-refractivity contribution in [3.63, 3.8) is 0 Å². The second-order valence-corrected chi connectivity index (χ2v) is 1.28. The average Bonchev–Trinajstić information content (AvgIpc) is 1.82. The molecule has 0 bridgehead atoms. The molecule has 1 aliphatic rings. The van der Waals surface area contributed by atoms with Gasteiger partial charge in [-0.25, -0.2) is 0 Å². The lowest BCUT2D eigenvalue weighted by Crippen LogP contribution is -1.75. The van der Waals surface area contributed by atoms with E-state index in [1.165, 1.54) is 12.5 Å². The van der Waals surface area contributed by atoms with Crippen molar-refractivity contribution < 1.29 is 4.11 Å². The van der Waals surface area contributed by atoms with Crippen molar-refractivity contribution in [2.75, 3.05) is 0 Å². The molecule has 1 aliphatic carbocycles. The predicted octanol–water partition coefficient (Wildman–Crippen LogP) is 1.87. The van der Waals surface area contributed by atoms with Crippen molar-refractivity contribution in [3.05, 3.63) is 42.8 Å². The van der Waals surface area contributed by atoms with E-state index in [4.69, 9.17) is 4.11 Å². The third-order valence-corrected chi connectivity index (χ3v) is 0.659. The largest absolute Gasteiger partial charge is 0.130 e. The smallest absolute Gasteiger partial charge is 0.0161 e. The van der Waals surface area contributed by atoms with Crippen molar-refractivity contribution >= 4 is 0 Å². The molecule has 0 nitrogen and oxygen atoms in total. The Balaban J connectivity index is 3.01. The predicted molar refractivity (Wildman–Crippen MR) is 31.7 cm³/mol. The summed E-state index contributed by atoms with van der Waals surface area (Å²) >= 11 is 0. The standard InChI is InChI=1S/C7H7/c1-7-5-3-2-4-6-7/h2-6H,1H2/q+1/i2D,3D,4D. The molecule has 0 aromatic heterocycles. The summed E-state index contributed by atoms with van der Waals surface area (Å²) in [6.45, 7) is 3.56. The molecule has 0 fully saturated rings. The second kappa shape index (κ2) is 1.69. The number of allylic oxidation sites excluding steroid dienone is 5. The highest BCUT2D eigenvalue weighted by molar-refractivity contribution is 5.36. The molecule has 0 aromatic carbocycles. The highest BCUT2D eigenvalue weighted by Gasteiger charge is 1.94. The van der Waals surface area contributed by atoms with E-state index in [-0.39, 0.29) is 18.2 Å². The van der Waals surface area contributed by atoms with E-state index in [2.05, 4.69) is 6.58 Å². The van der Waals surface area contributed by atoms with Crippen LogP contribution >= 0.6 is 0 Å². The summed E-state index contributed by atoms with van der Waals surface area (Å²) in [5.74, 6) is 0. The van der Waals surface area contributed by atoms with Gasteiger partial charge in [0.1, 0.15) is 1.37 Å². The Labute approximate surface area is 48.1 Å². The molecule has 0 N–H and O–H groups in total. The maximum Gasteiger partial charge on any atom is 0.130 e. The number of rotatable bonds is 0. The summed E-state index contributed by atoms with van der Waals surface area (Å²) in [6.07, 6.45) is 2.95. The van der Waals surface area contributed by atoms with Gasteiger partial charge in [0.05, 0.1) is 8.31 Å². The van der Waals surface area contributed by atoms with Gasteiger partial charge in [-0.1, -0.05) is 0 Å². The van der Waals surface area contributed by atoms with Gasteiger partial charge in [-0.3, -0.25) is 0 Å². The summed E-state index contributed by atoms with van der Waals surface area (Å²) in [4.78, 5) is 0. The van der Waals surface area contributed by atoms with E-state index in [0.717, 1.165) is 0 Å². The molecule has 0 spiro atoms. The van der Waals surface area contributed by atoms with Crippen molar-refractivity contribution in [2.24, 2.45) is 0 Å². The van der Waals surface area contributed by atoms with Crippen LogP contribution < -0.4 is 0 Å². The van der Waals surface area contributed by atoms with Crippen LogP contribution in [0.5, 0.6) is 0 Å². The fourth-order valence-electron chi connectivity index (χ4n) is 0.341. The van der Waals surface area contributed by atoms with Gasteiger partial charge >= 0.3 is 0 Å². The maximum absolute atomic E-state index is 7.15. The third kappa shape index (κ3) is 0.967. The molecule has 0 heteroatoms. The molecular weight excluding hydrogens is 84.1 g/mol. The molecule has 1 rings (SSSR count). The summed E-state index contributed by atoms with van der Waals surface area (Å²) in [6, 6.07) is 0.0994. The highest BCUT2D eigenvalue weighted by atomic mass is 13.9. The van der Waals surface area contributed by atoms with Gasteiger partial charge in [-0.2, -0.15) is 0 Å². The zero-order valence-corrected chi connectivity index (χ0v) is 3.86. The summed E-state index contributed by atoms with van der Waals surface area (Å²) in [5.41, 5.74) is 0.617. The quantitative estimate of drug-likeness (QED) is 0.402. The minimum absolute atomic E-state index is 0.0348. The number of hydrogen-bond donors (Lipinski definition) is 0. The Hall–Kier alpha value is -0.910. The minimum Gasteiger partial charge on any atom is -0.0161 e. The average molecular weight is 94.2 g/mol. The monoisotopic (exact) mass is 94.1 g/mol. The molecule has 0 radical (unpaired) electrons. The topological polar surface area (TPSA) is 0 Å². The van der Waals surface area contributed by atoms with Crippen LogP contribution in [0.15, 0.2) is 36.4 Å². The molecule has 0 saturated heterocycles. The van der Waals surface area contributed by atoms with Crippen LogP contribution in [0.2, 0.25) is 0 Å². The van der Waals surface area contributed by atoms with E-state index < -0.39 is 0 Å². The van der Waals surface area contributed by atoms with Gasteiger partial charge in [0.2, 0.25) is 0 Å². The van der Waals surface area contributed by atoms with Crippen LogP contribution in [-0.2, 0) is 0 Å². The van der Waals surface area contributed by atoms with E-state index in [1.54, 1.807) is 0 Å². The zero-order chi connectivity index (χ0) is 7.72. The van der Waals surface area contributed by atoms with E-state index in [9.17, 15) is 0 Å². The third-order valence-electron chi connectivity index (χ3n) is 0.659. The van der Waals surface area contributed by atoms with E-state index in [0.29, 0.717) is 5.57 Å². The fourth-order valence-corrected chi connectivity index (χ4v) is 0.341. The molecular formula is C7H7+. The highest BCUT2D eigenvalue weighted by Crippen LogP contribution is 2.03. The lowest BCUT2D eigenvalue weighted by Gasteiger charge is -1.85. The first-order chi connectivity index (χ1) is 4.61. The first kappa shape index (κ1) is 1.91. The van der Waals surface area contributed by atoms with Crippen LogP contribution in [0.1, 0.15) is 4.11 Å². The van der Waals surface area contributed by atoms with Crippen LogP contribution in [0.25, 0.3) is 0 Å². The lowest BCUT2D eigenvalue weighted by atomic mass is 10.1. The van der Waals surface area contributed by atoms with Gasteiger partial charge in [0.15, 0.2) is 0 Å². The Morgan fingerprint density at radius 1 is 1.71 bits per heavy atom. The van der Waals surface area contributed by atoms with Crippen molar-refractivity contribution in [1.82, 2.24) is 0 Å². The van der Waals surface area contributed by atoms with Crippen LogP contribution in [0, 0.1) is 6.42 Å². The van der Waals surface area contributed by atoms with Gasteiger partial charge in [-0.15, -0.1) is 0 Å². The SMILES string of the molecule is [2H]C1=CC(=C)[CH+]C([2H])=C1[2H]. The van der Waals surface area contributed by atoms with Gasteiger partial charge in [-0.05, 0) is 6.58 Å². The van der Waals surface area contributed by atoms with E-state index >= 15 is 0 Å². The Morgan fingerprint density at radius 3 is 3.29 bits per heavy atom. The molecule has 0 saturated carbocycles. The van der Waals surface area contributed by atoms with Crippen molar-refractivity contribution in [3.8, 4) is 0 Å². The summed E-state index contributed by atoms with van der Waals surface area (Å²) in [5, 5.41) is 0. The molecule has 0 heterocycles. The maximum atomic E-state index is 7.15. The van der Waals surface area contributed by atoms with Crippen LogP contribution in [0.4, 0.5) is 0 Å². The molecule has 34 valence electrons. The normalized spacial score (nSPS) is 27.1. The molecule has 7 heavy (non-hydrogen) atoms. The second-order valence-electron chi connectivity index (χ2n) is 1.28. The van der Waals surface area contributed by atoms with Gasteiger partial charge in [0.25, 0.3) is 0 Å². The molecule has 0 atom stereocenters. The fraction of sp³-hybridized carbons (Fsp3) is 0. The van der Waals surface area contributed by atoms with E-state index in [1.807, 2.05) is 0 Å². The lowest BCUT2D eigenvalue weighted by molar-refractivity contribution is 1.56. The zero-order valence-electron chi connectivity index (χ0n) is 6.86. The number of hydrogen-bond acceptors (Lipinski definition) is 0. The van der Waals surface area contributed by atoms with Crippen LogP contribution in [0.3, 0.4) is 0 Å². The Kier molecular flexibility index (Phi) is 0.462. The first-order valence-electron chi connectivity index (χ1n) is 3.51. The van der Waals surface area contributed by atoms with Gasteiger partial charge in [0, 0.05) is 30.7 Å². The minimum atomic E-state index is -0.0348. The molecule has 0 aromatic rings. The molecule has 0 unspecified atom stereocenters. The Morgan fingerprint density at radius 2 is 2.57 bits per heavy atom. The van der Waals surface area contributed by atoms with Crippen LogP contribution in [-0.4, -0.2) is 0 Å².